The molecule has 0 unspecified atom stereocenters. The van der Waals surface area contributed by atoms with Gasteiger partial charge in [0.2, 0.25) is 11.3 Å². The molecule has 0 aliphatic rings. The Balaban J connectivity index is 2.70. The van der Waals surface area contributed by atoms with E-state index in [0.717, 1.165) is 11.0 Å². The number of anilines is 1. The van der Waals surface area contributed by atoms with Gasteiger partial charge in [-0.15, -0.1) is 0 Å². The summed E-state index contributed by atoms with van der Waals surface area (Å²) in [4.78, 5) is 15.8. The zero-order valence-corrected chi connectivity index (χ0v) is 11.6. The molecule has 0 heterocycles. The predicted molar refractivity (Wildman–Crippen MR) is 76.5 cm³/mol. The van der Waals surface area contributed by atoms with Gasteiger partial charge in [-0.05, 0) is 17.5 Å². The Bertz CT molecular complexity index is 808. The van der Waals surface area contributed by atoms with Gasteiger partial charge in [-0.2, -0.15) is 8.78 Å². The molecule has 0 atom stereocenters. The first-order valence-corrected chi connectivity index (χ1v) is 6.32. The predicted octanol–water partition coefficient (Wildman–Crippen LogP) is 3.53. The molecule has 0 N–H and O–H groups in total. The Morgan fingerprint density at radius 2 is 2.00 bits per heavy atom. The lowest BCUT2D eigenvalue weighted by Crippen LogP contribution is -2.28. The van der Waals surface area contributed by atoms with Crippen molar-refractivity contribution in [3.8, 4) is 5.75 Å². The largest absolute Gasteiger partial charge is 0.872 e. The maximum absolute atomic E-state index is 12.3. The van der Waals surface area contributed by atoms with E-state index >= 15 is 0 Å². The lowest BCUT2D eigenvalue weighted by atomic mass is 10.1. The number of carbonyl (C=O) groups is 1. The van der Waals surface area contributed by atoms with Gasteiger partial charge in [0.1, 0.15) is 5.69 Å². The van der Waals surface area contributed by atoms with Crippen molar-refractivity contribution in [1.82, 2.24) is 0 Å². The third kappa shape index (κ3) is 2.86. The summed E-state index contributed by atoms with van der Waals surface area (Å²) in [5, 5.41) is 22.0. The molecule has 7 heteroatoms. The third-order valence-electron chi connectivity index (χ3n) is 3.16. The summed E-state index contributed by atoms with van der Waals surface area (Å²) in [6, 6.07) is 7.49. The summed E-state index contributed by atoms with van der Waals surface area (Å²) < 4.78 is 24.6. The van der Waals surface area contributed by atoms with Crippen LogP contribution < -0.4 is 10.0 Å². The van der Waals surface area contributed by atoms with Crippen molar-refractivity contribution in [2.24, 2.45) is 0 Å². The first kappa shape index (κ1) is 15.4. The van der Waals surface area contributed by atoms with Crippen LogP contribution in [0.5, 0.6) is 5.75 Å². The van der Waals surface area contributed by atoms with Crippen LogP contribution >= 0.6 is 0 Å². The molecule has 2 rings (SSSR count). The molecule has 0 saturated carbocycles. The van der Waals surface area contributed by atoms with Crippen LogP contribution in [0, 0.1) is 5.39 Å². The van der Waals surface area contributed by atoms with Crippen LogP contribution in [0.3, 0.4) is 0 Å². The van der Waals surface area contributed by atoms with E-state index < -0.39 is 24.3 Å². The fourth-order valence-corrected chi connectivity index (χ4v) is 2.18. The van der Waals surface area contributed by atoms with E-state index in [1.807, 2.05) is 0 Å². The normalized spacial score (nSPS) is 10.1. The summed E-state index contributed by atoms with van der Waals surface area (Å²) in [6.07, 6.45) is -1.40. The maximum atomic E-state index is 12.3. The zero-order valence-electron chi connectivity index (χ0n) is 11.6. The molecule has 2 aromatic carbocycles. The van der Waals surface area contributed by atoms with E-state index in [-0.39, 0.29) is 11.4 Å². The topological polar surface area (TPSA) is 71.5 Å². The Kier molecular flexibility index (Phi) is 4.32. The Morgan fingerprint density at radius 1 is 1.36 bits per heavy atom. The number of hydrogen-bond donors (Lipinski definition) is 0. The SMILES string of the molecule is CC(=O)N(CC=C(F)F)c1cc([O-])c2ccccc2c1[N+]#N. The van der Waals surface area contributed by atoms with Gasteiger partial charge in [0.15, 0.2) is 4.98 Å². The lowest BCUT2D eigenvalue weighted by molar-refractivity contribution is -0.265. The summed E-state index contributed by atoms with van der Waals surface area (Å²) in [5.41, 5.74) is -0.0331. The van der Waals surface area contributed by atoms with E-state index in [1.54, 1.807) is 24.3 Å². The molecular formula is C15H11F2N3O2. The van der Waals surface area contributed by atoms with Crippen LogP contribution in [0.2, 0.25) is 0 Å². The minimum Gasteiger partial charge on any atom is -0.872 e. The van der Waals surface area contributed by atoms with E-state index in [9.17, 15) is 24.1 Å². The van der Waals surface area contributed by atoms with Gasteiger partial charge in [0, 0.05) is 19.5 Å². The van der Waals surface area contributed by atoms with E-state index in [2.05, 4.69) is 4.98 Å². The van der Waals surface area contributed by atoms with Crippen LogP contribution in [0.25, 0.3) is 15.7 Å². The lowest BCUT2D eigenvalue weighted by Gasteiger charge is -2.20. The molecule has 112 valence electrons. The molecule has 22 heavy (non-hydrogen) atoms. The van der Waals surface area contributed by atoms with Gasteiger partial charge in [0.05, 0.1) is 5.39 Å². The molecule has 0 bridgehead atoms. The Morgan fingerprint density at radius 3 is 2.55 bits per heavy atom. The van der Waals surface area contributed by atoms with Crippen LogP contribution in [0.1, 0.15) is 6.92 Å². The standard InChI is InChI=1S/C15H11F2N3O2/c1-9(21)20(7-6-14(16)17)12-8-13(22)10-4-2-3-5-11(10)15(12)19-18/h2-6,8H,7H2,1H3. The van der Waals surface area contributed by atoms with Gasteiger partial charge in [-0.3, -0.25) is 4.79 Å². The van der Waals surface area contributed by atoms with E-state index in [1.165, 1.54) is 6.92 Å². The molecule has 0 fully saturated rings. The summed E-state index contributed by atoms with van der Waals surface area (Å²) in [5.74, 6) is -0.953. The highest BCUT2D eigenvalue weighted by molar-refractivity contribution is 6.07. The number of hydrogen-bond acceptors (Lipinski definition) is 3. The minimum absolute atomic E-state index is 0.0157. The van der Waals surface area contributed by atoms with E-state index in [0.29, 0.717) is 16.8 Å². The number of amides is 1. The number of diazo groups is 1. The monoisotopic (exact) mass is 303 g/mol. The zero-order chi connectivity index (χ0) is 16.3. The molecule has 0 radical (unpaired) electrons. The molecule has 5 nitrogen and oxygen atoms in total. The fraction of sp³-hybridized carbons (Fsp3) is 0.133. The van der Waals surface area contributed by atoms with Crippen LogP contribution in [-0.4, -0.2) is 12.5 Å². The summed E-state index contributed by atoms with van der Waals surface area (Å²) in [6.45, 7) is 0.739. The minimum atomic E-state index is -1.95. The highest BCUT2D eigenvalue weighted by Crippen LogP contribution is 2.40. The van der Waals surface area contributed by atoms with Crippen molar-refractivity contribution in [3.05, 3.63) is 47.5 Å². The van der Waals surface area contributed by atoms with Crippen molar-refractivity contribution in [2.75, 3.05) is 11.4 Å². The molecule has 0 aliphatic carbocycles. The van der Waals surface area contributed by atoms with Gasteiger partial charge < -0.3 is 10.0 Å². The second kappa shape index (κ2) is 6.18. The highest BCUT2D eigenvalue weighted by Gasteiger charge is 2.25. The maximum Gasteiger partial charge on any atom is 0.416 e. The second-order valence-corrected chi connectivity index (χ2v) is 4.51. The molecule has 0 saturated heterocycles. The number of rotatable bonds is 3. The average Bonchev–Trinajstić information content (AvgIpc) is 2.47. The quantitative estimate of drug-likeness (QED) is 0.814. The Hall–Kier alpha value is -3.01. The van der Waals surface area contributed by atoms with Gasteiger partial charge >= 0.3 is 5.69 Å². The molecule has 0 aliphatic heterocycles. The Labute approximate surface area is 124 Å². The number of benzene rings is 2. The van der Waals surface area contributed by atoms with Crippen LogP contribution in [0.15, 0.2) is 42.5 Å². The van der Waals surface area contributed by atoms with Crippen molar-refractivity contribution < 1.29 is 18.7 Å². The molecule has 0 spiro atoms. The van der Waals surface area contributed by atoms with Gasteiger partial charge in [-0.25, -0.2) is 0 Å². The average molecular weight is 303 g/mol. The fourth-order valence-electron chi connectivity index (χ4n) is 2.18. The first-order chi connectivity index (χ1) is 10.5. The van der Waals surface area contributed by atoms with Crippen LogP contribution in [-0.2, 0) is 4.79 Å². The van der Waals surface area contributed by atoms with Gasteiger partial charge in [0.25, 0.3) is 6.08 Å². The van der Waals surface area contributed by atoms with Crippen LogP contribution in [0.4, 0.5) is 20.2 Å². The van der Waals surface area contributed by atoms with Gasteiger partial charge in [-0.1, -0.05) is 23.9 Å². The summed E-state index contributed by atoms with van der Waals surface area (Å²) in [7, 11) is 0. The number of halogens is 2. The summed E-state index contributed by atoms with van der Waals surface area (Å²) >= 11 is 0. The van der Waals surface area contributed by atoms with E-state index in [4.69, 9.17) is 0 Å². The highest BCUT2D eigenvalue weighted by atomic mass is 19.3. The van der Waals surface area contributed by atoms with Crippen molar-refractivity contribution in [1.29, 1.82) is 5.39 Å². The van der Waals surface area contributed by atoms with Crippen molar-refractivity contribution in [3.63, 3.8) is 0 Å². The molecule has 0 aromatic heterocycles. The second-order valence-electron chi connectivity index (χ2n) is 4.51. The molecule has 1 amide bonds. The number of fused-ring (bicyclic) bond motifs is 1. The molecule has 2 aromatic rings. The first-order valence-electron chi connectivity index (χ1n) is 6.32. The van der Waals surface area contributed by atoms with Crippen molar-refractivity contribution in [2.45, 2.75) is 6.92 Å². The van der Waals surface area contributed by atoms with Crippen molar-refractivity contribution >= 4 is 28.1 Å². The molecular weight excluding hydrogens is 292 g/mol. The third-order valence-corrected chi connectivity index (χ3v) is 3.16. The number of nitrogens with zero attached hydrogens (tertiary/aromatic N) is 3. The smallest absolute Gasteiger partial charge is 0.416 e. The number of carbonyl (C=O) groups excluding carboxylic acids is 1.